The largest absolute Gasteiger partial charge is 0.352 e. The van der Waals surface area contributed by atoms with E-state index in [-0.39, 0.29) is 0 Å². The van der Waals surface area contributed by atoms with Crippen molar-refractivity contribution in [2.24, 2.45) is 4.99 Å². The fourth-order valence-electron chi connectivity index (χ4n) is 2.42. The Bertz CT molecular complexity index is 867. The van der Waals surface area contributed by atoms with Crippen molar-refractivity contribution in [3.63, 3.8) is 0 Å². The van der Waals surface area contributed by atoms with E-state index >= 15 is 0 Å². The predicted molar refractivity (Wildman–Crippen MR) is 103 cm³/mol. The maximum atomic E-state index is 11.7. The van der Waals surface area contributed by atoms with Crippen molar-refractivity contribution >= 4 is 27.1 Å². The zero-order valence-corrected chi connectivity index (χ0v) is 16.8. The lowest BCUT2D eigenvalue weighted by atomic mass is 10.1. The number of aliphatic imine (C=N–C) groups is 1. The van der Waals surface area contributed by atoms with Crippen LogP contribution >= 0.6 is 11.3 Å². The fraction of sp³-hybridized carbons (Fsp3) is 0.412. The third-order valence-corrected chi connectivity index (χ3v) is 6.13. The first kappa shape index (κ1) is 19.4. The van der Waals surface area contributed by atoms with E-state index in [0.717, 1.165) is 21.8 Å². The van der Waals surface area contributed by atoms with Crippen LogP contribution in [0.4, 0.5) is 0 Å². The average Bonchev–Trinajstić information content (AvgIpc) is 2.84. The summed E-state index contributed by atoms with van der Waals surface area (Å²) in [6.07, 6.45) is 1.22. The average molecular weight is 381 g/mol. The van der Waals surface area contributed by atoms with Gasteiger partial charge < -0.3 is 10.6 Å². The molecular formula is C17H24N4O2S2. The van der Waals surface area contributed by atoms with Gasteiger partial charge in [-0.25, -0.2) is 13.4 Å². The molecule has 0 amide bonds. The number of hydrogen-bond acceptors (Lipinski definition) is 5. The molecule has 0 radical (unpaired) electrons. The van der Waals surface area contributed by atoms with Gasteiger partial charge in [-0.2, -0.15) is 0 Å². The van der Waals surface area contributed by atoms with E-state index in [2.05, 4.69) is 27.5 Å². The Hall–Kier alpha value is -1.93. The van der Waals surface area contributed by atoms with Crippen LogP contribution in [0.1, 0.15) is 26.7 Å². The zero-order chi connectivity index (χ0) is 18.6. The molecule has 0 aliphatic carbocycles. The molecule has 0 atom stereocenters. The second-order valence-corrected chi connectivity index (χ2v) is 9.17. The number of sulfone groups is 1. The summed E-state index contributed by atoms with van der Waals surface area (Å²) < 4.78 is 23.3. The summed E-state index contributed by atoms with van der Waals surface area (Å²) in [5, 5.41) is 7.49. The van der Waals surface area contributed by atoms with Crippen LogP contribution in [0.25, 0.3) is 0 Å². The van der Waals surface area contributed by atoms with Gasteiger partial charge >= 0.3 is 0 Å². The lowest BCUT2D eigenvalue weighted by Gasteiger charge is -2.12. The van der Waals surface area contributed by atoms with Crippen LogP contribution in [0.2, 0.25) is 0 Å². The summed E-state index contributed by atoms with van der Waals surface area (Å²) in [5.41, 5.74) is 2.80. The minimum absolute atomic E-state index is 0.369. The molecule has 0 bridgehead atoms. The van der Waals surface area contributed by atoms with Gasteiger partial charge in [-0.3, -0.25) is 4.99 Å². The molecule has 0 aliphatic rings. The van der Waals surface area contributed by atoms with Crippen LogP contribution in [0.5, 0.6) is 0 Å². The second-order valence-electron chi connectivity index (χ2n) is 5.90. The first-order valence-electron chi connectivity index (χ1n) is 7.87. The van der Waals surface area contributed by atoms with Crippen molar-refractivity contribution in [3.05, 3.63) is 44.9 Å². The van der Waals surface area contributed by atoms with Gasteiger partial charge in [0.05, 0.1) is 17.1 Å². The van der Waals surface area contributed by atoms with E-state index in [4.69, 9.17) is 0 Å². The van der Waals surface area contributed by atoms with E-state index < -0.39 is 9.84 Å². The molecule has 2 rings (SSSR count). The molecule has 2 N–H and O–H groups in total. The van der Waals surface area contributed by atoms with E-state index in [1.165, 1.54) is 11.1 Å². The lowest BCUT2D eigenvalue weighted by Crippen LogP contribution is -2.36. The predicted octanol–water partition coefficient (Wildman–Crippen LogP) is 2.34. The fourth-order valence-corrected chi connectivity index (χ4v) is 4.25. The Morgan fingerprint density at radius 1 is 1.20 bits per heavy atom. The molecule has 1 aromatic heterocycles. The van der Waals surface area contributed by atoms with E-state index in [0.29, 0.717) is 23.9 Å². The maximum Gasteiger partial charge on any atom is 0.191 e. The van der Waals surface area contributed by atoms with E-state index in [1.807, 2.05) is 19.1 Å². The molecular weight excluding hydrogens is 356 g/mol. The number of nitrogens with zero attached hydrogens (tertiary/aromatic N) is 2. The standard InChI is InChI=1S/C17H24N4O2S2/c1-11-8-14(6-7-15(11)25(5,22)23)9-19-17(18-4)20-10-16-21-12(2)13(3)24-16/h6-8H,9-10H2,1-5H3,(H2,18,19,20). The van der Waals surface area contributed by atoms with Crippen molar-refractivity contribution in [2.45, 2.75) is 38.8 Å². The van der Waals surface area contributed by atoms with Gasteiger partial charge in [-0.15, -0.1) is 11.3 Å². The van der Waals surface area contributed by atoms with Gasteiger partial charge in [0, 0.05) is 24.7 Å². The van der Waals surface area contributed by atoms with Crippen LogP contribution in [-0.2, 0) is 22.9 Å². The van der Waals surface area contributed by atoms with Crippen LogP contribution < -0.4 is 10.6 Å². The monoisotopic (exact) mass is 380 g/mol. The van der Waals surface area contributed by atoms with Gasteiger partial charge in [0.1, 0.15) is 5.01 Å². The number of aromatic nitrogens is 1. The van der Waals surface area contributed by atoms with Crippen molar-refractivity contribution in [1.29, 1.82) is 0 Å². The van der Waals surface area contributed by atoms with E-state index in [1.54, 1.807) is 31.4 Å². The SMILES string of the molecule is CN=C(NCc1ccc(S(C)(=O)=O)c(C)c1)NCc1nc(C)c(C)s1. The molecule has 25 heavy (non-hydrogen) atoms. The van der Waals surface area contributed by atoms with E-state index in [9.17, 15) is 8.42 Å². The number of thiazole rings is 1. The number of rotatable bonds is 5. The molecule has 6 nitrogen and oxygen atoms in total. The highest BCUT2D eigenvalue weighted by Gasteiger charge is 2.11. The lowest BCUT2D eigenvalue weighted by molar-refractivity contribution is 0.601. The van der Waals surface area contributed by atoms with Crippen LogP contribution in [0.3, 0.4) is 0 Å². The highest BCUT2D eigenvalue weighted by Crippen LogP contribution is 2.17. The van der Waals surface area contributed by atoms with Gasteiger partial charge in [0.25, 0.3) is 0 Å². The van der Waals surface area contributed by atoms with Crippen molar-refractivity contribution in [3.8, 4) is 0 Å². The molecule has 2 aromatic rings. The van der Waals surface area contributed by atoms with Gasteiger partial charge in [0.2, 0.25) is 0 Å². The molecule has 8 heteroatoms. The smallest absolute Gasteiger partial charge is 0.191 e. The normalized spacial score (nSPS) is 12.3. The van der Waals surface area contributed by atoms with Gasteiger partial charge in [-0.1, -0.05) is 12.1 Å². The molecule has 136 valence electrons. The molecule has 0 saturated heterocycles. The Morgan fingerprint density at radius 3 is 2.40 bits per heavy atom. The highest BCUT2D eigenvalue weighted by atomic mass is 32.2. The first-order valence-corrected chi connectivity index (χ1v) is 10.6. The molecule has 0 aliphatic heterocycles. The molecule has 0 saturated carbocycles. The highest BCUT2D eigenvalue weighted by molar-refractivity contribution is 7.90. The summed E-state index contributed by atoms with van der Waals surface area (Å²) in [6.45, 7) is 7.04. The number of aryl methyl sites for hydroxylation is 3. The minimum atomic E-state index is -3.19. The van der Waals surface area contributed by atoms with Crippen LogP contribution in [-0.4, -0.2) is 32.7 Å². The van der Waals surface area contributed by atoms with Crippen LogP contribution in [0.15, 0.2) is 28.1 Å². The zero-order valence-electron chi connectivity index (χ0n) is 15.2. The number of nitrogens with one attached hydrogen (secondary N) is 2. The number of hydrogen-bond donors (Lipinski definition) is 2. The quantitative estimate of drug-likeness (QED) is 0.614. The van der Waals surface area contributed by atoms with Crippen molar-refractivity contribution in [2.75, 3.05) is 13.3 Å². The molecule has 1 aromatic carbocycles. The van der Waals surface area contributed by atoms with Crippen molar-refractivity contribution < 1.29 is 8.42 Å². The molecule has 0 spiro atoms. The Morgan fingerprint density at radius 2 is 1.88 bits per heavy atom. The Kier molecular flexibility index (Phi) is 6.18. The van der Waals surface area contributed by atoms with Gasteiger partial charge in [0.15, 0.2) is 15.8 Å². The number of guanidine groups is 1. The third-order valence-electron chi connectivity index (χ3n) is 3.80. The van der Waals surface area contributed by atoms with Gasteiger partial charge in [-0.05, 0) is 38.0 Å². The Labute approximate surface area is 153 Å². The summed E-state index contributed by atoms with van der Waals surface area (Å²) in [7, 11) is -1.48. The molecule has 0 unspecified atom stereocenters. The third kappa shape index (κ3) is 5.27. The summed E-state index contributed by atoms with van der Waals surface area (Å²) >= 11 is 1.67. The minimum Gasteiger partial charge on any atom is -0.352 e. The topological polar surface area (TPSA) is 83.5 Å². The summed E-state index contributed by atoms with van der Waals surface area (Å²) in [5.74, 6) is 0.676. The Balaban J connectivity index is 1.95. The summed E-state index contributed by atoms with van der Waals surface area (Å²) in [4.78, 5) is 10.3. The molecule has 1 heterocycles. The summed E-state index contributed by atoms with van der Waals surface area (Å²) in [6, 6.07) is 5.35. The molecule has 0 fully saturated rings. The second kappa shape index (κ2) is 7.97. The van der Waals surface area contributed by atoms with Crippen molar-refractivity contribution in [1.82, 2.24) is 15.6 Å². The number of benzene rings is 1. The first-order chi connectivity index (χ1) is 11.7. The maximum absolute atomic E-state index is 11.7. The van der Waals surface area contributed by atoms with Crippen LogP contribution in [0, 0.1) is 20.8 Å².